The molecule has 0 N–H and O–H groups in total. The van der Waals surface area contributed by atoms with Gasteiger partial charge in [0.25, 0.3) is 0 Å². The monoisotopic (exact) mass is 637 g/mol. The van der Waals surface area contributed by atoms with Crippen molar-refractivity contribution in [1.29, 1.82) is 0 Å². The summed E-state index contributed by atoms with van der Waals surface area (Å²) in [6, 6.07) is 24.9. The lowest BCUT2D eigenvalue weighted by atomic mass is 10.0. The molecule has 1 amide bonds. The van der Waals surface area contributed by atoms with Gasteiger partial charge in [0.2, 0.25) is 5.91 Å². The van der Waals surface area contributed by atoms with Gasteiger partial charge < -0.3 is 28.4 Å². The average molecular weight is 638 g/mol. The molecule has 0 aliphatic carbocycles. The van der Waals surface area contributed by atoms with Crippen LogP contribution in [0.1, 0.15) is 48.0 Å². The van der Waals surface area contributed by atoms with Gasteiger partial charge >= 0.3 is 11.9 Å². The normalized spacial score (nSPS) is 11.2. The highest BCUT2D eigenvalue weighted by molar-refractivity contribution is 6.14. The number of hydrogen-bond donors (Lipinski definition) is 0. The first-order chi connectivity index (χ1) is 22.8. The smallest absolute Gasteiger partial charge is 0.357 e. The van der Waals surface area contributed by atoms with Gasteiger partial charge in [-0.2, -0.15) is 0 Å². The fraction of sp³-hybridized carbons (Fsp3) is 0.297. The summed E-state index contributed by atoms with van der Waals surface area (Å²) in [4.78, 5) is 46.0. The van der Waals surface area contributed by atoms with Crippen molar-refractivity contribution in [3.63, 3.8) is 0 Å². The molecule has 10 heteroatoms. The largest absolute Gasteiger partial charge is 0.488 e. The molecule has 5 rings (SSSR count). The minimum Gasteiger partial charge on any atom is -0.488 e. The molecular formula is C37H39N3O7. The van der Waals surface area contributed by atoms with Crippen LogP contribution in [0.2, 0.25) is 0 Å². The second-order valence-corrected chi connectivity index (χ2v) is 11.3. The third-order valence-corrected chi connectivity index (χ3v) is 7.55. The molecule has 0 spiro atoms. The molecule has 0 radical (unpaired) electrons. The number of methoxy groups -OCH3 is 1. The Bertz CT molecular complexity index is 1850. The second-order valence-electron chi connectivity index (χ2n) is 11.3. The van der Waals surface area contributed by atoms with Crippen LogP contribution in [0.25, 0.3) is 21.8 Å². The SMILES string of the molecule is CCOC(=O)CN(Cc1ccccc1)C(=O)Cn1c2cccc(OCc3ccccc3)c2c2c(COC)c(C(=O)OC(C)C)ncc21. The number of aromatic nitrogens is 2. The van der Waals surface area contributed by atoms with Crippen molar-refractivity contribution in [3.05, 3.63) is 107 Å². The average Bonchev–Trinajstić information content (AvgIpc) is 3.38. The second kappa shape index (κ2) is 15.4. The van der Waals surface area contributed by atoms with Crippen molar-refractivity contribution in [2.75, 3.05) is 20.3 Å². The Kier molecular flexibility index (Phi) is 10.8. The summed E-state index contributed by atoms with van der Waals surface area (Å²) in [6.45, 7) is 5.76. The molecule has 2 aromatic heterocycles. The van der Waals surface area contributed by atoms with E-state index in [0.29, 0.717) is 39.7 Å². The van der Waals surface area contributed by atoms with Crippen LogP contribution >= 0.6 is 0 Å². The maximum absolute atomic E-state index is 14.1. The molecule has 3 aromatic carbocycles. The summed E-state index contributed by atoms with van der Waals surface area (Å²) in [5, 5.41) is 1.38. The zero-order valence-corrected chi connectivity index (χ0v) is 27.1. The summed E-state index contributed by atoms with van der Waals surface area (Å²) in [5.41, 5.74) is 3.82. The van der Waals surface area contributed by atoms with Crippen LogP contribution in [-0.4, -0.2) is 58.7 Å². The lowest BCUT2D eigenvalue weighted by Crippen LogP contribution is -2.38. The van der Waals surface area contributed by atoms with E-state index in [0.717, 1.165) is 11.1 Å². The minimum absolute atomic E-state index is 0.0654. The molecule has 244 valence electrons. The number of fused-ring (bicyclic) bond motifs is 3. The number of carbonyl (C=O) groups excluding carboxylic acids is 3. The first-order valence-corrected chi connectivity index (χ1v) is 15.6. The number of ether oxygens (including phenoxy) is 4. The zero-order chi connectivity index (χ0) is 33.3. The van der Waals surface area contributed by atoms with E-state index in [9.17, 15) is 14.4 Å². The molecule has 0 saturated heterocycles. The van der Waals surface area contributed by atoms with E-state index in [4.69, 9.17) is 18.9 Å². The molecule has 10 nitrogen and oxygen atoms in total. The third kappa shape index (κ3) is 7.78. The maximum Gasteiger partial charge on any atom is 0.357 e. The summed E-state index contributed by atoms with van der Waals surface area (Å²) in [6.07, 6.45) is 1.22. The van der Waals surface area contributed by atoms with Gasteiger partial charge in [0.1, 0.15) is 25.4 Å². The standard InChI is InChI=1S/C37H39N3O7/c1-5-45-33(42)22-39(20-26-13-8-6-9-14-26)32(41)21-40-29-17-12-18-31(46-23-27-15-10-7-11-16-27)35(29)34-28(24-44-4)36(38-19-30(34)40)37(43)47-25(2)3/h6-19,25H,5,20-24H2,1-4H3. The first-order valence-electron chi connectivity index (χ1n) is 15.6. The van der Waals surface area contributed by atoms with Gasteiger partial charge in [-0.15, -0.1) is 0 Å². The topological polar surface area (TPSA) is 109 Å². The molecule has 0 aliphatic heterocycles. The Balaban J connectivity index is 1.65. The molecule has 2 heterocycles. The number of hydrogen-bond acceptors (Lipinski definition) is 8. The van der Waals surface area contributed by atoms with Gasteiger partial charge in [-0.1, -0.05) is 66.7 Å². The summed E-state index contributed by atoms with van der Waals surface area (Å²) in [5.74, 6) is -0.792. The quantitative estimate of drug-likeness (QED) is 0.135. The van der Waals surface area contributed by atoms with E-state index in [2.05, 4.69) is 4.98 Å². The van der Waals surface area contributed by atoms with Gasteiger partial charge in [-0.3, -0.25) is 9.59 Å². The van der Waals surface area contributed by atoms with Gasteiger partial charge in [-0.05, 0) is 44.0 Å². The fourth-order valence-electron chi connectivity index (χ4n) is 5.54. The van der Waals surface area contributed by atoms with Crippen LogP contribution in [0, 0.1) is 0 Å². The number of nitrogens with zero attached hydrogens (tertiary/aromatic N) is 3. The predicted octanol–water partition coefficient (Wildman–Crippen LogP) is 6.07. The minimum atomic E-state index is -0.572. The Morgan fingerprint density at radius 2 is 1.55 bits per heavy atom. The van der Waals surface area contributed by atoms with Crippen molar-refractivity contribution in [3.8, 4) is 5.75 Å². The molecule has 0 saturated carbocycles. The zero-order valence-electron chi connectivity index (χ0n) is 27.1. The molecule has 0 fully saturated rings. The number of pyridine rings is 1. The van der Waals surface area contributed by atoms with Crippen molar-refractivity contribution >= 4 is 39.7 Å². The molecule has 0 bridgehead atoms. The molecular weight excluding hydrogens is 598 g/mol. The van der Waals surface area contributed by atoms with E-state index in [1.807, 2.05) is 83.4 Å². The van der Waals surface area contributed by atoms with E-state index in [1.54, 1.807) is 34.1 Å². The maximum atomic E-state index is 14.1. The fourth-order valence-corrected chi connectivity index (χ4v) is 5.54. The highest BCUT2D eigenvalue weighted by atomic mass is 16.5. The van der Waals surface area contributed by atoms with Gasteiger partial charge in [0, 0.05) is 24.6 Å². The molecule has 0 unspecified atom stereocenters. The Hall–Kier alpha value is -5.22. The van der Waals surface area contributed by atoms with Crippen LogP contribution in [0.3, 0.4) is 0 Å². The first kappa shape index (κ1) is 33.2. The van der Waals surface area contributed by atoms with Gasteiger partial charge in [0.15, 0.2) is 5.69 Å². The lowest BCUT2D eigenvalue weighted by molar-refractivity contribution is -0.149. The number of amides is 1. The number of esters is 2. The summed E-state index contributed by atoms with van der Waals surface area (Å²) in [7, 11) is 1.54. The van der Waals surface area contributed by atoms with Crippen molar-refractivity contribution in [1.82, 2.24) is 14.5 Å². The van der Waals surface area contributed by atoms with Crippen LogP contribution < -0.4 is 4.74 Å². The number of carbonyl (C=O) groups is 3. The van der Waals surface area contributed by atoms with Crippen LogP contribution in [0.5, 0.6) is 5.75 Å². The van der Waals surface area contributed by atoms with E-state index < -0.39 is 11.9 Å². The van der Waals surface area contributed by atoms with Gasteiger partial charge in [0.05, 0.1) is 41.9 Å². The van der Waals surface area contributed by atoms with Crippen LogP contribution in [-0.2, 0) is 50.1 Å². The van der Waals surface area contributed by atoms with Crippen molar-refractivity contribution in [2.24, 2.45) is 0 Å². The lowest BCUT2D eigenvalue weighted by Gasteiger charge is -2.23. The number of rotatable bonds is 14. The molecule has 0 aliphatic rings. The number of benzene rings is 3. The molecule has 5 aromatic rings. The highest BCUT2D eigenvalue weighted by Gasteiger charge is 2.27. The Labute approximate surface area is 273 Å². The highest BCUT2D eigenvalue weighted by Crippen LogP contribution is 2.39. The Morgan fingerprint density at radius 3 is 2.21 bits per heavy atom. The van der Waals surface area contributed by atoms with E-state index in [-0.39, 0.29) is 50.6 Å². The van der Waals surface area contributed by atoms with E-state index in [1.165, 1.54) is 4.90 Å². The predicted molar refractivity (Wildman–Crippen MR) is 178 cm³/mol. The summed E-state index contributed by atoms with van der Waals surface area (Å²) >= 11 is 0. The van der Waals surface area contributed by atoms with Crippen molar-refractivity contribution in [2.45, 2.75) is 53.2 Å². The third-order valence-electron chi connectivity index (χ3n) is 7.55. The van der Waals surface area contributed by atoms with Crippen molar-refractivity contribution < 1.29 is 33.3 Å². The van der Waals surface area contributed by atoms with E-state index >= 15 is 0 Å². The van der Waals surface area contributed by atoms with Crippen LogP contribution in [0.4, 0.5) is 0 Å². The van der Waals surface area contributed by atoms with Crippen LogP contribution in [0.15, 0.2) is 85.1 Å². The van der Waals surface area contributed by atoms with Gasteiger partial charge in [-0.25, -0.2) is 9.78 Å². The molecule has 47 heavy (non-hydrogen) atoms. The summed E-state index contributed by atoms with van der Waals surface area (Å²) < 4.78 is 24.6. The Morgan fingerprint density at radius 1 is 0.851 bits per heavy atom. The molecule has 0 atom stereocenters.